The predicted octanol–water partition coefficient (Wildman–Crippen LogP) is 2.51. The Kier molecular flexibility index (Phi) is 4.61. The largest absolute Gasteiger partial charge is 0.389 e. The van der Waals surface area contributed by atoms with Gasteiger partial charge in [-0.1, -0.05) is 44.2 Å². The quantitative estimate of drug-likeness (QED) is 0.883. The zero-order valence-electron chi connectivity index (χ0n) is 13.5. The summed E-state index contributed by atoms with van der Waals surface area (Å²) in [5.41, 5.74) is 0.977. The molecule has 2 aromatic rings. The molecule has 7 heteroatoms. The Morgan fingerprint density at radius 2 is 1.96 bits per heavy atom. The number of nitrogens with zero attached hydrogens (tertiary/aromatic N) is 1. The van der Waals surface area contributed by atoms with Gasteiger partial charge in [0.1, 0.15) is 6.61 Å². The van der Waals surface area contributed by atoms with Crippen LogP contribution in [0.15, 0.2) is 41.3 Å². The van der Waals surface area contributed by atoms with Gasteiger partial charge in [-0.15, -0.1) is 11.3 Å². The fourth-order valence-electron chi connectivity index (χ4n) is 3.04. The highest BCUT2D eigenvalue weighted by molar-refractivity contribution is 7.89. The maximum atomic E-state index is 12.9. The smallest absolute Gasteiger partial charge is 0.245 e. The third-order valence-corrected chi connectivity index (χ3v) is 7.33. The van der Waals surface area contributed by atoms with Gasteiger partial charge in [0.05, 0.1) is 17.5 Å². The van der Waals surface area contributed by atoms with E-state index >= 15 is 0 Å². The van der Waals surface area contributed by atoms with Gasteiger partial charge in [-0.2, -0.15) is 4.31 Å². The lowest BCUT2D eigenvalue weighted by Gasteiger charge is -2.27. The van der Waals surface area contributed by atoms with E-state index in [9.17, 15) is 18.3 Å². The molecule has 0 saturated carbocycles. The summed E-state index contributed by atoms with van der Waals surface area (Å²) in [4.78, 5) is 14.0. The van der Waals surface area contributed by atoms with Gasteiger partial charge in [-0.05, 0) is 17.5 Å². The first-order valence-electron chi connectivity index (χ1n) is 7.69. The molecule has 2 heterocycles. The number of ketones is 1. The molecule has 128 valence electrons. The average molecular weight is 365 g/mol. The van der Waals surface area contributed by atoms with Crippen LogP contribution in [0.25, 0.3) is 10.4 Å². The summed E-state index contributed by atoms with van der Waals surface area (Å²) in [5.74, 6) is -0.672. The van der Waals surface area contributed by atoms with Gasteiger partial charge in [0, 0.05) is 9.75 Å². The molecule has 0 aliphatic carbocycles. The molecular weight excluding hydrogens is 346 g/mol. The molecule has 0 radical (unpaired) electrons. The van der Waals surface area contributed by atoms with Crippen LogP contribution in [0.3, 0.4) is 0 Å². The first-order valence-corrected chi connectivity index (χ1v) is 9.95. The van der Waals surface area contributed by atoms with Crippen LogP contribution >= 0.6 is 11.3 Å². The molecule has 0 bridgehead atoms. The molecule has 0 amide bonds. The Balaban J connectivity index is 1.99. The van der Waals surface area contributed by atoms with Crippen molar-refractivity contribution in [2.75, 3.05) is 6.61 Å². The average Bonchev–Trinajstić information content (AvgIpc) is 3.07. The number of thiophene rings is 1. The van der Waals surface area contributed by atoms with Crippen molar-refractivity contribution >= 4 is 27.1 Å². The van der Waals surface area contributed by atoms with Gasteiger partial charge >= 0.3 is 0 Å². The molecule has 24 heavy (non-hydrogen) atoms. The second kappa shape index (κ2) is 6.40. The Labute approximate surface area is 145 Å². The van der Waals surface area contributed by atoms with E-state index in [1.165, 1.54) is 15.6 Å². The van der Waals surface area contributed by atoms with Crippen LogP contribution < -0.4 is 0 Å². The third kappa shape index (κ3) is 2.82. The fourth-order valence-corrected chi connectivity index (χ4v) is 6.53. The Morgan fingerprint density at radius 1 is 1.29 bits per heavy atom. The van der Waals surface area contributed by atoms with E-state index < -0.39 is 28.5 Å². The molecule has 1 atom stereocenters. The van der Waals surface area contributed by atoms with Crippen molar-refractivity contribution in [3.8, 4) is 10.4 Å². The minimum absolute atomic E-state index is 0.184. The number of hydrogen-bond donors (Lipinski definition) is 1. The van der Waals surface area contributed by atoms with Crippen LogP contribution in [-0.2, 0) is 21.4 Å². The molecule has 1 aliphatic heterocycles. The first kappa shape index (κ1) is 17.3. The van der Waals surface area contributed by atoms with Crippen LogP contribution in [0.4, 0.5) is 0 Å². The van der Waals surface area contributed by atoms with Crippen molar-refractivity contribution in [3.05, 3.63) is 41.3 Å². The van der Waals surface area contributed by atoms with Gasteiger partial charge in [0.15, 0.2) is 5.78 Å². The number of carbonyl (C=O) groups is 1. The molecule has 0 saturated heterocycles. The highest BCUT2D eigenvalue weighted by atomic mass is 32.2. The number of rotatable bonds is 5. The van der Waals surface area contributed by atoms with Crippen LogP contribution in [0.5, 0.6) is 0 Å². The maximum Gasteiger partial charge on any atom is 0.245 e. The number of Topliss-reactive ketones (excluding diaryl/α,β-unsaturated/α-hetero) is 1. The lowest BCUT2D eigenvalue weighted by atomic mass is 10.0. The molecule has 0 fully saturated rings. The van der Waals surface area contributed by atoms with Crippen molar-refractivity contribution in [1.29, 1.82) is 0 Å². The summed E-state index contributed by atoms with van der Waals surface area (Å²) in [6.07, 6.45) is 0. The highest BCUT2D eigenvalue weighted by Gasteiger charge is 2.44. The SMILES string of the molecule is CC(C)[C@H](C(=O)CO)N1Cc2sc(-c3ccccc3)cc2S1(=O)=O. The predicted molar refractivity (Wildman–Crippen MR) is 93.2 cm³/mol. The molecule has 0 unspecified atom stereocenters. The third-order valence-electron chi connectivity index (χ3n) is 4.14. The number of hydrogen-bond acceptors (Lipinski definition) is 5. The number of aliphatic hydroxyl groups excluding tert-OH is 1. The van der Waals surface area contributed by atoms with E-state index in [0.29, 0.717) is 0 Å². The molecular formula is C17H19NO4S2. The van der Waals surface area contributed by atoms with E-state index in [-0.39, 0.29) is 17.4 Å². The minimum Gasteiger partial charge on any atom is -0.389 e. The number of benzene rings is 1. The fraction of sp³-hybridized carbons (Fsp3) is 0.353. The molecule has 1 N–H and O–H groups in total. The molecule has 3 rings (SSSR count). The van der Waals surface area contributed by atoms with E-state index in [0.717, 1.165) is 15.3 Å². The highest BCUT2D eigenvalue weighted by Crippen LogP contribution is 2.42. The summed E-state index contributed by atoms with van der Waals surface area (Å²) >= 11 is 1.43. The summed E-state index contributed by atoms with van der Waals surface area (Å²) in [5, 5.41) is 9.18. The zero-order valence-corrected chi connectivity index (χ0v) is 15.1. The number of sulfonamides is 1. The topological polar surface area (TPSA) is 74.7 Å². The zero-order chi connectivity index (χ0) is 17.5. The monoisotopic (exact) mass is 365 g/mol. The molecule has 1 aromatic carbocycles. The van der Waals surface area contributed by atoms with Crippen molar-refractivity contribution in [3.63, 3.8) is 0 Å². The van der Waals surface area contributed by atoms with Crippen LogP contribution in [0.2, 0.25) is 0 Å². The van der Waals surface area contributed by atoms with E-state index in [1.807, 2.05) is 30.3 Å². The molecule has 5 nitrogen and oxygen atoms in total. The van der Waals surface area contributed by atoms with Crippen LogP contribution in [0, 0.1) is 5.92 Å². The Hall–Kier alpha value is -1.54. The lowest BCUT2D eigenvalue weighted by Crippen LogP contribution is -2.46. The second-order valence-corrected chi connectivity index (χ2v) is 9.12. The summed E-state index contributed by atoms with van der Waals surface area (Å²) in [6.45, 7) is 3.10. The molecule has 1 aromatic heterocycles. The maximum absolute atomic E-state index is 12.9. The molecule has 1 aliphatic rings. The van der Waals surface area contributed by atoms with E-state index in [2.05, 4.69) is 0 Å². The van der Waals surface area contributed by atoms with Crippen LogP contribution in [-0.4, -0.2) is 36.3 Å². The van der Waals surface area contributed by atoms with Crippen molar-refractivity contribution in [2.24, 2.45) is 5.92 Å². The second-order valence-electron chi connectivity index (χ2n) is 6.13. The van der Waals surface area contributed by atoms with Gasteiger partial charge in [0.2, 0.25) is 10.0 Å². The van der Waals surface area contributed by atoms with Gasteiger partial charge in [-0.3, -0.25) is 4.79 Å². The van der Waals surface area contributed by atoms with Crippen molar-refractivity contribution in [2.45, 2.75) is 31.3 Å². The van der Waals surface area contributed by atoms with E-state index in [4.69, 9.17) is 0 Å². The number of aliphatic hydroxyl groups is 1. The first-order chi connectivity index (χ1) is 11.4. The summed E-state index contributed by atoms with van der Waals surface area (Å²) in [6, 6.07) is 10.5. The lowest BCUT2D eigenvalue weighted by molar-refractivity contribution is -0.126. The minimum atomic E-state index is -3.72. The Bertz CT molecular complexity index is 856. The van der Waals surface area contributed by atoms with Crippen molar-refractivity contribution < 1.29 is 18.3 Å². The van der Waals surface area contributed by atoms with Gasteiger partial charge in [0.25, 0.3) is 0 Å². The van der Waals surface area contributed by atoms with Crippen molar-refractivity contribution in [1.82, 2.24) is 4.31 Å². The van der Waals surface area contributed by atoms with Gasteiger partial charge in [-0.25, -0.2) is 8.42 Å². The Morgan fingerprint density at radius 3 is 2.50 bits per heavy atom. The summed E-state index contributed by atoms with van der Waals surface area (Å²) < 4.78 is 27.0. The van der Waals surface area contributed by atoms with E-state index in [1.54, 1.807) is 19.9 Å². The normalized spacial score (nSPS) is 17.8. The summed E-state index contributed by atoms with van der Waals surface area (Å²) in [7, 11) is -3.72. The number of fused-ring (bicyclic) bond motifs is 1. The van der Waals surface area contributed by atoms with Gasteiger partial charge < -0.3 is 5.11 Å². The number of carbonyl (C=O) groups excluding carboxylic acids is 1. The van der Waals surface area contributed by atoms with Crippen LogP contribution in [0.1, 0.15) is 18.7 Å². The molecule has 0 spiro atoms. The standard InChI is InChI=1S/C17H19NO4S2/c1-11(2)17(13(20)10-19)18-9-15-16(24(18,21)22)8-14(23-15)12-6-4-3-5-7-12/h3-8,11,17,19H,9-10H2,1-2H3/t17-/m1/s1.